The van der Waals surface area contributed by atoms with Crippen LogP contribution in [0.25, 0.3) is 23.3 Å². The maximum atomic E-state index is 3.57. The van der Waals surface area contributed by atoms with Crippen LogP contribution in [-0.2, 0) is 0 Å². The second kappa shape index (κ2) is 12.0. The van der Waals surface area contributed by atoms with E-state index in [9.17, 15) is 0 Å². The van der Waals surface area contributed by atoms with E-state index in [4.69, 9.17) is 0 Å². The van der Waals surface area contributed by atoms with E-state index in [1.54, 1.807) is 0 Å². The molecule has 0 aliphatic carbocycles. The Balaban J connectivity index is 1.57. The molecule has 0 aliphatic heterocycles. The third-order valence-corrected chi connectivity index (χ3v) is 6.66. The number of allylic oxidation sites excluding steroid dienone is 2. The van der Waals surface area contributed by atoms with Gasteiger partial charge in [0.25, 0.3) is 0 Å². The van der Waals surface area contributed by atoms with E-state index >= 15 is 0 Å². The van der Waals surface area contributed by atoms with Crippen LogP contribution in [-0.4, -0.2) is 0 Å². The summed E-state index contributed by atoms with van der Waals surface area (Å²) in [5.41, 5.74) is 7.76. The first-order valence-electron chi connectivity index (χ1n) is 11.2. The molecule has 0 fully saturated rings. The highest BCUT2D eigenvalue weighted by molar-refractivity contribution is 9.10. The Morgan fingerprint density at radius 2 is 0.848 bits per heavy atom. The molecule has 2 heteroatoms. The van der Waals surface area contributed by atoms with Gasteiger partial charge in [0.1, 0.15) is 0 Å². The molecular weight excluding hydrogens is 532 g/mol. The molecule has 0 atom stereocenters. The van der Waals surface area contributed by atoms with Crippen LogP contribution >= 0.6 is 31.9 Å². The van der Waals surface area contributed by atoms with Crippen LogP contribution in [0.5, 0.6) is 0 Å². The Labute approximate surface area is 214 Å². The van der Waals surface area contributed by atoms with Crippen molar-refractivity contribution in [1.29, 1.82) is 0 Å². The summed E-state index contributed by atoms with van der Waals surface area (Å²) in [6, 6.07) is 38.5. The first-order chi connectivity index (χ1) is 16.2. The lowest BCUT2D eigenvalue weighted by Crippen LogP contribution is -1.90. The van der Waals surface area contributed by atoms with Crippen LogP contribution in [0.4, 0.5) is 0 Å². The molecule has 4 aromatic carbocycles. The first kappa shape index (κ1) is 23.5. The Kier molecular flexibility index (Phi) is 8.52. The fraction of sp³-hybridized carbons (Fsp3) is 0.0968. The normalized spacial score (nSPS) is 12.1. The maximum absolute atomic E-state index is 3.57. The molecule has 0 aromatic heterocycles. The van der Waals surface area contributed by atoms with Crippen molar-refractivity contribution in [3.05, 3.63) is 140 Å². The molecule has 0 saturated heterocycles. The van der Waals surface area contributed by atoms with Crippen molar-refractivity contribution < 1.29 is 0 Å². The fourth-order valence-corrected chi connectivity index (χ4v) is 4.43. The van der Waals surface area contributed by atoms with Gasteiger partial charge in [-0.05, 0) is 76.9 Å². The number of rotatable bonds is 8. The minimum atomic E-state index is 1.01. The minimum absolute atomic E-state index is 1.01. The van der Waals surface area contributed by atoms with E-state index < -0.39 is 0 Å². The average molecular weight is 558 g/mol. The van der Waals surface area contributed by atoms with E-state index in [0.29, 0.717) is 0 Å². The van der Waals surface area contributed by atoms with Gasteiger partial charge in [0.05, 0.1) is 0 Å². The molecule has 0 amide bonds. The van der Waals surface area contributed by atoms with Crippen LogP contribution in [0.1, 0.15) is 41.5 Å². The average Bonchev–Trinajstić information content (AvgIpc) is 2.85. The molecule has 0 aliphatic rings. The Morgan fingerprint density at radius 3 is 1.21 bits per heavy atom. The van der Waals surface area contributed by atoms with Gasteiger partial charge in [-0.25, -0.2) is 0 Å². The SMILES string of the molecule is Brc1ccc(/C(=C\c2ccccc2)CCC/C(=C/c2ccccc2)c2ccc(Br)cc2)cc1. The summed E-state index contributed by atoms with van der Waals surface area (Å²) in [5.74, 6) is 0. The minimum Gasteiger partial charge on any atom is -0.0622 e. The van der Waals surface area contributed by atoms with E-state index in [1.807, 2.05) is 0 Å². The third-order valence-electron chi connectivity index (χ3n) is 5.60. The fourth-order valence-electron chi connectivity index (χ4n) is 3.90. The molecule has 0 saturated carbocycles. The lowest BCUT2D eigenvalue weighted by molar-refractivity contribution is 0.895. The van der Waals surface area contributed by atoms with Gasteiger partial charge >= 0.3 is 0 Å². The van der Waals surface area contributed by atoms with Crippen molar-refractivity contribution in [2.75, 3.05) is 0 Å². The van der Waals surface area contributed by atoms with Gasteiger partial charge in [0, 0.05) is 8.95 Å². The smallest absolute Gasteiger partial charge is 0.0175 e. The van der Waals surface area contributed by atoms with Crippen molar-refractivity contribution in [1.82, 2.24) is 0 Å². The van der Waals surface area contributed by atoms with Gasteiger partial charge in [-0.1, -0.05) is 129 Å². The zero-order valence-corrected chi connectivity index (χ0v) is 21.6. The van der Waals surface area contributed by atoms with Crippen molar-refractivity contribution >= 4 is 55.2 Å². The van der Waals surface area contributed by atoms with E-state index in [-0.39, 0.29) is 0 Å². The molecule has 0 bridgehead atoms. The van der Waals surface area contributed by atoms with Crippen LogP contribution in [0, 0.1) is 0 Å². The Hall–Kier alpha value is -2.68. The highest BCUT2D eigenvalue weighted by Gasteiger charge is 2.07. The van der Waals surface area contributed by atoms with Gasteiger partial charge in [-0.2, -0.15) is 0 Å². The molecule has 4 aromatic rings. The highest BCUT2D eigenvalue weighted by Crippen LogP contribution is 2.30. The molecule has 0 unspecified atom stereocenters. The standard InChI is InChI=1S/C31H26Br2/c32-30-18-14-26(15-19-30)28(22-24-8-3-1-4-9-24)12-7-13-29(23-25-10-5-2-6-11-25)27-16-20-31(33)21-17-27/h1-6,8-11,14-23H,7,12-13H2/b28-22-,29-23-. The van der Waals surface area contributed by atoms with Crippen LogP contribution < -0.4 is 0 Å². The van der Waals surface area contributed by atoms with Gasteiger partial charge in [0.2, 0.25) is 0 Å². The second-order valence-electron chi connectivity index (χ2n) is 8.03. The second-order valence-corrected chi connectivity index (χ2v) is 9.86. The topological polar surface area (TPSA) is 0 Å². The zero-order chi connectivity index (χ0) is 22.9. The monoisotopic (exact) mass is 556 g/mol. The summed E-state index contributed by atoms with van der Waals surface area (Å²) in [7, 11) is 0. The summed E-state index contributed by atoms with van der Waals surface area (Å²) >= 11 is 7.13. The lowest BCUT2D eigenvalue weighted by Gasteiger charge is -2.12. The van der Waals surface area contributed by atoms with E-state index in [2.05, 4.69) is 153 Å². The third kappa shape index (κ3) is 7.15. The molecule has 0 nitrogen and oxygen atoms in total. The summed E-state index contributed by atoms with van der Waals surface area (Å²) in [6.07, 6.45) is 7.74. The number of hydrogen-bond acceptors (Lipinski definition) is 0. The molecule has 0 spiro atoms. The molecule has 4 rings (SSSR count). The number of hydrogen-bond donors (Lipinski definition) is 0. The molecule has 0 N–H and O–H groups in total. The van der Waals surface area contributed by atoms with Gasteiger partial charge in [-0.15, -0.1) is 0 Å². The van der Waals surface area contributed by atoms with Crippen LogP contribution in [0.3, 0.4) is 0 Å². The molecule has 164 valence electrons. The predicted molar refractivity (Wildman–Crippen MR) is 151 cm³/mol. The van der Waals surface area contributed by atoms with Crippen LogP contribution in [0.15, 0.2) is 118 Å². The molecule has 33 heavy (non-hydrogen) atoms. The summed E-state index contributed by atoms with van der Waals surface area (Å²) in [4.78, 5) is 0. The summed E-state index contributed by atoms with van der Waals surface area (Å²) in [6.45, 7) is 0. The van der Waals surface area contributed by atoms with Crippen molar-refractivity contribution in [3.63, 3.8) is 0 Å². The van der Waals surface area contributed by atoms with Gasteiger partial charge in [-0.3, -0.25) is 0 Å². The Bertz CT molecular complexity index is 1100. The van der Waals surface area contributed by atoms with Crippen molar-refractivity contribution in [2.45, 2.75) is 19.3 Å². The largest absolute Gasteiger partial charge is 0.0622 e. The summed E-state index contributed by atoms with van der Waals surface area (Å²) in [5, 5.41) is 0. The molecule has 0 heterocycles. The summed E-state index contributed by atoms with van der Waals surface area (Å²) < 4.78 is 2.21. The molecule has 0 radical (unpaired) electrons. The lowest BCUT2D eigenvalue weighted by atomic mass is 9.93. The van der Waals surface area contributed by atoms with Crippen molar-refractivity contribution in [2.24, 2.45) is 0 Å². The zero-order valence-electron chi connectivity index (χ0n) is 18.4. The van der Waals surface area contributed by atoms with Crippen LogP contribution in [0.2, 0.25) is 0 Å². The molecular formula is C31H26Br2. The first-order valence-corrected chi connectivity index (χ1v) is 12.8. The van der Waals surface area contributed by atoms with E-state index in [1.165, 1.54) is 33.4 Å². The van der Waals surface area contributed by atoms with E-state index in [0.717, 1.165) is 28.2 Å². The quantitative estimate of drug-likeness (QED) is 0.189. The number of halogens is 2. The maximum Gasteiger partial charge on any atom is 0.0175 e. The van der Waals surface area contributed by atoms with Crippen molar-refractivity contribution in [3.8, 4) is 0 Å². The van der Waals surface area contributed by atoms with Gasteiger partial charge < -0.3 is 0 Å². The highest BCUT2D eigenvalue weighted by atomic mass is 79.9. The Morgan fingerprint density at radius 1 is 0.485 bits per heavy atom. The number of benzene rings is 4. The predicted octanol–water partition coefficient (Wildman–Crippen LogP) is 10.2. The van der Waals surface area contributed by atoms with Gasteiger partial charge in [0.15, 0.2) is 0 Å².